The molecule has 2 atom stereocenters. The van der Waals surface area contributed by atoms with Gasteiger partial charge in [0.15, 0.2) is 0 Å². The van der Waals surface area contributed by atoms with Crippen molar-refractivity contribution < 1.29 is 4.79 Å². The molecule has 0 saturated heterocycles. The Balaban J connectivity index is 2.70. The molecule has 106 valence electrons. The Hall–Kier alpha value is -1.62. The summed E-state index contributed by atoms with van der Waals surface area (Å²) in [6.07, 6.45) is 2.10. The van der Waals surface area contributed by atoms with Gasteiger partial charge in [-0.3, -0.25) is 4.79 Å². The first-order valence-corrected chi connectivity index (χ1v) is 6.72. The number of hydrazine groups is 1. The van der Waals surface area contributed by atoms with Crippen molar-refractivity contribution in [3.63, 3.8) is 0 Å². The molecular weight excluding hydrogens is 240 g/mol. The van der Waals surface area contributed by atoms with Crippen LogP contribution in [-0.2, 0) is 0 Å². The molecule has 1 rings (SSSR count). The average Bonchev–Trinajstić information content (AvgIpc) is 2.37. The van der Waals surface area contributed by atoms with E-state index in [1.807, 2.05) is 13.8 Å². The van der Waals surface area contributed by atoms with Gasteiger partial charge in [0.05, 0.1) is 0 Å². The smallest absolute Gasteiger partial charge is 0.251 e. The Morgan fingerprint density at radius 2 is 2.11 bits per heavy atom. The molecule has 19 heavy (non-hydrogen) atoms. The molecule has 0 aliphatic rings. The number of carbonyl (C=O) groups excluding carboxylic acids is 1. The lowest BCUT2D eigenvalue weighted by atomic mass is 10.00. The number of nitrogens with one attached hydrogen (secondary N) is 2. The SMILES string of the molecule is CCC(C)CC(C)NC(=O)c1cc(C)nc(NN)c1. The van der Waals surface area contributed by atoms with Crippen LogP contribution in [0.15, 0.2) is 12.1 Å². The van der Waals surface area contributed by atoms with Crippen molar-refractivity contribution in [3.05, 3.63) is 23.4 Å². The second-order valence-corrected chi connectivity index (χ2v) is 5.15. The Bertz CT molecular complexity index is 433. The molecule has 0 aliphatic heterocycles. The molecule has 2 unspecified atom stereocenters. The third-order valence-electron chi connectivity index (χ3n) is 3.19. The minimum Gasteiger partial charge on any atom is -0.350 e. The van der Waals surface area contributed by atoms with Gasteiger partial charge in [0, 0.05) is 17.3 Å². The maximum Gasteiger partial charge on any atom is 0.251 e. The van der Waals surface area contributed by atoms with Gasteiger partial charge in [0.2, 0.25) is 0 Å². The monoisotopic (exact) mass is 264 g/mol. The van der Waals surface area contributed by atoms with E-state index in [0.29, 0.717) is 17.3 Å². The largest absolute Gasteiger partial charge is 0.350 e. The van der Waals surface area contributed by atoms with Crippen molar-refractivity contribution in [1.82, 2.24) is 10.3 Å². The number of nitrogen functional groups attached to an aromatic ring is 1. The van der Waals surface area contributed by atoms with Crippen molar-refractivity contribution in [2.24, 2.45) is 11.8 Å². The number of hydrogen-bond acceptors (Lipinski definition) is 4. The first kappa shape index (κ1) is 15.4. The number of nitrogens with two attached hydrogens (primary N) is 1. The van der Waals surface area contributed by atoms with Crippen molar-refractivity contribution in [2.75, 3.05) is 5.43 Å². The lowest BCUT2D eigenvalue weighted by Crippen LogP contribution is -2.33. The zero-order valence-corrected chi connectivity index (χ0v) is 12.2. The highest BCUT2D eigenvalue weighted by molar-refractivity contribution is 5.95. The Kier molecular flexibility index (Phi) is 5.76. The first-order valence-electron chi connectivity index (χ1n) is 6.72. The molecule has 0 fully saturated rings. The molecule has 4 N–H and O–H groups in total. The van der Waals surface area contributed by atoms with Gasteiger partial charge in [-0.05, 0) is 38.3 Å². The molecule has 1 amide bonds. The summed E-state index contributed by atoms with van der Waals surface area (Å²) in [6, 6.07) is 3.56. The molecule has 0 spiro atoms. The summed E-state index contributed by atoms with van der Waals surface area (Å²) in [7, 11) is 0. The van der Waals surface area contributed by atoms with Crippen LogP contribution >= 0.6 is 0 Å². The number of aryl methyl sites for hydroxylation is 1. The number of aromatic nitrogens is 1. The van der Waals surface area contributed by atoms with Crippen LogP contribution in [0.4, 0.5) is 5.82 Å². The number of hydrogen-bond donors (Lipinski definition) is 3. The van der Waals surface area contributed by atoms with E-state index >= 15 is 0 Å². The summed E-state index contributed by atoms with van der Waals surface area (Å²) >= 11 is 0. The van der Waals surface area contributed by atoms with E-state index in [-0.39, 0.29) is 11.9 Å². The Morgan fingerprint density at radius 1 is 1.42 bits per heavy atom. The van der Waals surface area contributed by atoms with Gasteiger partial charge in [0.25, 0.3) is 5.91 Å². The predicted octanol–water partition coefficient (Wildman–Crippen LogP) is 2.23. The van der Waals surface area contributed by atoms with Crippen LogP contribution in [0.1, 0.15) is 49.7 Å². The Morgan fingerprint density at radius 3 is 2.68 bits per heavy atom. The van der Waals surface area contributed by atoms with E-state index in [9.17, 15) is 4.79 Å². The molecule has 0 aromatic carbocycles. The summed E-state index contributed by atoms with van der Waals surface area (Å²) in [5.41, 5.74) is 3.81. The number of carbonyl (C=O) groups is 1. The van der Waals surface area contributed by atoms with Crippen LogP contribution in [0.3, 0.4) is 0 Å². The second-order valence-electron chi connectivity index (χ2n) is 5.15. The minimum atomic E-state index is -0.0854. The molecule has 0 aliphatic carbocycles. The summed E-state index contributed by atoms with van der Waals surface area (Å²) in [6.45, 7) is 8.21. The maximum absolute atomic E-state index is 12.1. The van der Waals surface area contributed by atoms with Crippen LogP contribution in [0.2, 0.25) is 0 Å². The number of rotatable bonds is 6. The first-order chi connectivity index (χ1) is 8.96. The highest BCUT2D eigenvalue weighted by atomic mass is 16.1. The molecule has 1 aromatic rings. The zero-order chi connectivity index (χ0) is 14.4. The van der Waals surface area contributed by atoms with Gasteiger partial charge in [0.1, 0.15) is 5.82 Å². The van der Waals surface area contributed by atoms with Gasteiger partial charge in [-0.15, -0.1) is 0 Å². The fourth-order valence-corrected chi connectivity index (χ4v) is 2.01. The van der Waals surface area contributed by atoms with Gasteiger partial charge in [-0.1, -0.05) is 20.3 Å². The quantitative estimate of drug-likeness (QED) is 0.543. The van der Waals surface area contributed by atoms with E-state index in [4.69, 9.17) is 5.84 Å². The van der Waals surface area contributed by atoms with Gasteiger partial charge in [-0.2, -0.15) is 0 Å². The number of pyridine rings is 1. The lowest BCUT2D eigenvalue weighted by molar-refractivity contribution is 0.0935. The fraction of sp³-hybridized carbons (Fsp3) is 0.571. The molecule has 1 heterocycles. The topological polar surface area (TPSA) is 80.0 Å². The van der Waals surface area contributed by atoms with Crippen LogP contribution in [0.5, 0.6) is 0 Å². The van der Waals surface area contributed by atoms with E-state index in [0.717, 1.165) is 18.5 Å². The molecular formula is C14H24N4O. The molecule has 0 saturated carbocycles. The average molecular weight is 264 g/mol. The van der Waals surface area contributed by atoms with E-state index in [1.165, 1.54) is 0 Å². The van der Waals surface area contributed by atoms with Crippen LogP contribution in [0, 0.1) is 12.8 Å². The predicted molar refractivity (Wildman–Crippen MR) is 77.8 cm³/mol. The highest BCUT2D eigenvalue weighted by Crippen LogP contribution is 2.12. The molecule has 0 radical (unpaired) electrons. The van der Waals surface area contributed by atoms with E-state index in [2.05, 4.69) is 29.6 Å². The summed E-state index contributed by atoms with van der Waals surface area (Å²) in [4.78, 5) is 16.3. The summed E-state index contributed by atoms with van der Waals surface area (Å²) in [5.74, 6) is 6.35. The summed E-state index contributed by atoms with van der Waals surface area (Å²) < 4.78 is 0. The standard InChI is InChI=1S/C14H24N4O/c1-5-9(2)6-10(3)17-14(19)12-7-11(4)16-13(8-12)18-15/h7-10H,5-6,15H2,1-4H3,(H,16,18)(H,17,19). The lowest BCUT2D eigenvalue weighted by Gasteiger charge is -2.17. The van der Waals surface area contributed by atoms with Crippen molar-refractivity contribution in [3.8, 4) is 0 Å². The second kappa shape index (κ2) is 7.09. The van der Waals surface area contributed by atoms with Crippen LogP contribution in [0.25, 0.3) is 0 Å². The summed E-state index contributed by atoms with van der Waals surface area (Å²) in [5, 5.41) is 3.00. The van der Waals surface area contributed by atoms with Crippen molar-refractivity contribution in [2.45, 2.75) is 46.6 Å². The minimum absolute atomic E-state index is 0.0854. The van der Waals surface area contributed by atoms with Crippen molar-refractivity contribution in [1.29, 1.82) is 0 Å². The van der Waals surface area contributed by atoms with E-state index in [1.54, 1.807) is 12.1 Å². The number of nitrogens with zero attached hydrogens (tertiary/aromatic N) is 1. The highest BCUT2D eigenvalue weighted by Gasteiger charge is 2.13. The molecule has 5 nitrogen and oxygen atoms in total. The molecule has 1 aromatic heterocycles. The number of amides is 1. The molecule has 0 bridgehead atoms. The zero-order valence-electron chi connectivity index (χ0n) is 12.2. The normalized spacial score (nSPS) is 13.7. The van der Waals surface area contributed by atoms with Crippen LogP contribution in [-0.4, -0.2) is 16.9 Å². The maximum atomic E-state index is 12.1. The van der Waals surface area contributed by atoms with Gasteiger partial charge >= 0.3 is 0 Å². The van der Waals surface area contributed by atoms with Gasteiger partial charge in [-0.25, -0.2) is 10.8 Å². The number of anilines is 1. The third-order valence-corrected chi connectivity index (χ3v) is 3.19. The fourth-order valence-electron chi connectivity index (χ4n) is 2.01. The van der Waals surface area contributed by atoms with Crippen LogP contribution < -0.4 is 16.6 Å². The van der Waals surface area contributed by atoms with E-state index < -0.39 is 0 Å². The Labute approximate surface area is 115 Å². The molecule has 5 heteroatoms. The van der Waals surface area contributed by atoms with Crippen molar-refractivity contribution >= 4 is 11.7 Å². The third kappa shape index (κ3) is 4.87. The van der Waals surface area contributed by atoms with Gasteiger partial charge < -0.3 is 10.7 Å².